The number of amidine groups is 2. The fourth-order valence-corrected chi connectivity index (χ4v) is 0.890. The number of aliphatic imine (C=N–C) groups is 2. The summed E-state index contributed by atoms with van der Waals surface area (Å²) < 4.78 is 0. The first-order valence-electron chi connectivity index (χ1n) is 2.80. The van der Waals surface area contributed by atoms with Gasteiger partial charge in [0, 0.05) is 0 Å². The van der Waals surface area contributed by atoms with Crippen molar-refractivity contribution in [2.45, 2.75) is 13.0 Å². The predicted octanol–water partition coefficient (Wildman–Crippen LogP) is -0.570. The second-order valence-corrected chi connectivity index (χ2v) is 2.43. The summed E-state index contributed by atoms with van der Waals surface area (Å²) in [7, 11) is 0. The molecule has 1 heterocycles. The molecule has 0 spiro atoms. The van der Waals surface area contributed by atoms with Gasteiger partial charge in [-0.15, -0.1) is 0 Å². The van der Waals surface area contributed by atoms with Gasteiger partial charge in [0.15, 0.2) is 0 Å². The van der Waals surface area contributed by atoms with Crippen molar-refractivity contribution in [3.8, 4) is 0 Å². The number of nitrogens with two attached hydrogens (primary N) is 2. The molecule has 54 valence electrons. The minimum absolute atomic E-state index is 0.345. The Hall–Kier alpha value is -0.810. The van der Waals surface area contributed by atoms with Gasteiger partial charge >= 0.3 is 0 Å². The van der Waals surface area contributed by atoms with Crippen LogP contribution in [0.15, 0.2) is 9.98 Å². The molecule has 1 aliphatic rings. The fourth-order valence-electron chi connectivity index (χ4n) is 0.637. The van der Waals surface area contributed by atoms with E-state index in [-0.39, 0.29) is 0 Å². The molecule has 5 heteroatoms. The van der Waals surface area contributed by atoms with Gasteiger partial charge in [0.25, 0.3) is 0 Å². The summed E-state index contributed by atoms with van der Waals surface area (Å²) in [5, 5.41) is 0. The van der Waals surface area contributed by atoms with Gasteiger partial charge in [0.1, 0.15) is 22.7 Å². The fraction of sp³-hybridized carbons (Fsp3) is 0.400. The van der Waals surface area contributed by atoms with E-state index in [1.54, 1.807) is 6.92 Å². The summed E-state index contributed by atoms with van der Waals surface area (Å²) in [5.41, 5.74) is 10.9. The molecule has 4 N–H and O–H groups in total. The van der Waals surface area contributed by atoms with Gasteiger partial charge in [-0.25, -0.2) is 9.98 Å². The average Bonchev–Trinajstić information content (AvgIpc) is 1.82. The quantitative estimate of drug-likeness (QED) is 0.461. The summed E-state index contributed by atoms with van der Waals surface area (Å²) >= 11 is 4.81. The normalized spacial score (nSPS) is 25.8. The molecule has 0 radical (unpaired) electrons. The van der Waals surface area contributed by atoms with Crippen LogP contribution < -0.4 is 11.5 Å². The first kappa shape index (κ1) is 7.30. The van der Waals surface area contributed by atoms with Crippen LogP contribution in [0, 0.1) is 0 Å². The van der Waals surface area contributed by atoms with Gasteiger partial charge in [-0.1, -0.05) is 12.2 Å². The van der Waals surface area contributed by atoms with Crippen LogP contribution in [0.3, 0.4) is 0 Å². The summed E-state index contributed by atoms with van der Waals surface area (Å²) in [6.07, 6.45) is 0. The summed E-state index contributed by atoms with van der Waals surface area (Å²) in [4.78, 5) is 8.12. The Bertz CT molecular complexity index is 230. The van der Waals surface area contributed by atoms with E-state index < -0.39 is 6.04 Å². The van der Waals surface area contributed by atoms with Crippen molar-refractivity contribution in [1.82, 2.24) is 0 Å². The van der Waals surface area contributed by atoms with Crippen LogP contribution in [0.4, 0.5) is 0 Å². The number of nitrogens with zero attached hydrogens (tertiary/aromatic N) is 2. The first-order chi connectivity index (χ1) is 4.61. The van der Waals surface area contributed by atoms with Crippen molar-refractivity contribution in [3.05, 3.63) is 0 Å². The number of rotatable bonds is 0. The average molecular weight is 156 g/mol. The molecule has 1 unspecified atom stereocenters. The summed E-state index contributed by atoms with van der Waals surface area (Å²) in [5.74, 6) is 0.918. The summed E-state index contributed by atoms with van der Waals surface area (Å²) in [6, 6.07) is -0.473. The third-order valence-electron chi connectivity index (χ3n) is 1.15. The Labute approximate surface area is 64.0 Å². The van der Waals surface area contributed by atoms with Crippen LogP contribution in [-0.4, -0.2) is 22.7 Å². The minimum atomic E-state index is -0.473. The van der Waals surface area contributed by atoms with Crippen LogP contribution >= 0.6 is 12.2 Å². The highest BCUT2D eigenvalue weighted by Crippen LogP contribution is 1.97. The molecule has 10 heavy (non-hydrogen) atoms. The molecule has 0 aromatic rings. The molecule has 0 saturated carbocycles. The van der Waals surface area contributed by atoms with Crippen LogP contribution in [0.1, 0.15) is 6.92 Å². The Morgan fingerprint density at radius 2 is 2.10 bits per heavy atom. The highest BCUT2D eigenvalue weighted by Gasteiger charge is 2.16. The van der Waals surface area contributed by atoms with Gasteiger partial charge in [0.2, 0.25) is 0 Å². The van der Waals surface area contributed by atoms with Crippen LogP contribution in [-0.2, 0) is 0 Å². The molecule has 4 nitrogen and oxygen atoms in total. The largest absolute Gasteiger partial charge is 0.385 e. The van der Waals surface area contributed by atoms with E-state index >= 15 is 0 Å². The van der Waals surface area contributed by atoms with Crippen molar-refractivity contribution >= 4 is 28.9 Å². The van der Waals surface area contributed by atoms with Crippen LogP contribution in [0.2, 0.25) is 0 Å². The molecule has 1 atom stereocenters. The number of hydrogen-bond donors (Lipinski definition) is 2. The molecule has 0 fully saturated rings. The zero-order valence-electron chi connectivity index (χ0n) is 5.53. The van der Waals surface area contributed by atoms with Crippen molar-refractivity contribution < 1.29 is 0 Å². The maximum absolute atomic E-state index is 5.48. The third-order valence-corrected chi connectivity index (χ3v) is 1.49. The minimum Gasteiger partial charge on any atom is -0.385 e. The van der Waals surface area contributed by atoms with E-state index in [4.69, 9.17) is 23.7 Å². The zero-order chi connectivity index (χ0) is 7.72. The zero-order valence-corrected chi connectivity index (χ0v) is 6.35. The second kappa shape index (κ2) is 2.43. The lowest BCUT2D eigenvalue weighted by atomic mass is 10.2. The van der Waals surface area contributed by atoms with E-state index in [2.05, 4.69) is 9.98 Å². The molecular formula is C5H8N4S. The molecule has 1 aliphatic heterocycles. The van der Waals surface area contributed by atoms with E-state index in [9.17, 15) is 0 Å². The molecule has 0 aromatic carbocycles. The molecule has 0 saturated heterocycles. The van der Waals surface area contributed by atoms with Crippen molar-refractivity contribution in [1.29, 1.82) is 0 Å². The van der Waals surface area contributed by atoms with Gasteiger partial charge in [-0.2, -0.15) is 0 Å². The maximum Gasteiger partial charge on any atom is 0.129 e. The molecule has 0 bridgehead atoms. The summed E-state index contributed by atoms with van der Waals surface area (Å²) in [6.45, 7) is 1.73. The Morgan fingerprint density at radius 3 is 2.60 bits per heavy atom. The Balaban J connectivity index is 2.95. The predicted molar refractivity (Wildman–Crippen MR) is 45.3 cm³/mol. The first-order valence-corrected chi connectivity index (χ1v) is 3.21. The van der Waals surface area contributed by atoms with Gasteiger partial charge in [0.05, 0.1) is 0 Å². The number of hydrogen-bond acceptors (Lipinski definition) is 4. The van der Waals surface area contributed by atoms with Crippen LogP contribution in [0.25, 0.3) is 0 Å². The standard InChI is InChI=1S/C5H8N4S/c1-2-8-4(7)3(6)5(10)9-2/h3H,6H2,1H3,(H2,7,8,9,10). The second-order valence-electron chi connectivity index (χ2n) is 2.01. The van der Waals surface area contributed by atoms with Gasteiger partial charge < -0.3 is 11.5 Å². The van der Waals surface area contributed by atoms with Gasteiger partial charge in [-0.05, 0) is 6.92 Å². The third kappa shape index (κ3) is 1.19. The van der Waals surface area contributed by atoms with Crippen LogP contribution in [0.5, 0.6) is 0 Å². The molecule has 0 aromatic heterocycles. The van der Waals surface area contributed by atoms with E-state index in [0.717, 1.165) is 0 Å². The smallest absolute Gasteiger partial charge is 0.129 e. The Kier molecular flexibility index (Phi) is 1.78. The number of thiocarbonyl (C=S) groups is 1. The topological polar surface area (TPSA) is 76.8 Å². The maximum atomic E-state index is 5.48. The van der Waals surface area contributed by atoms with E-state index in [0.29, 0.717) is 16.7 Å². The molecule has 0 amide bonds. The SMILES string of the molecule is CC1=NC(=S)C(N)C(N)=N1. The lowest BCUT2D eigenvalue weighted by Gasteiger charge is -2.13. The lowest BCUT2D eigenvalue weighted by molar-refractivity contribution is 1.10. The van der Waals surface area contributed by atoms with Crippen molar-refractivity contribution in [2.75, 3.05) is 0 Å². The monoisotopic (exact) mass is 156 g/mol. The van der Waals surface area contributed by atoms with Crippen molar-refractivity contribution in [3.63, 3.8) is 0 Å². The van der Waals surface area contributed by atoms with E-state index in [1.807, 2.05) is 0 Å². The molecule has 0 aliphatic carbocycles. The highest BCUT2D eigenvalue weighted by molar-refractivity contribution is 7.80. The Morgan fingerprint density at radius 1 is 1.50 bits per heavy atom. The van der Waals surface area contributed by atoms with Crippen molar-refractivity contribution in [2.24, 2.45) is 21.5 Å². The lowest BCUT2D eigenvalue weighted by Crippen LogP contribution is -2.44. The van der Waals surface area contributed by atoms with Gasteiger partial charge in [-0.3, -0.25) is 0 Å². The molecule has 1 rings (SSSR count). The highest BCUT2D eigenvalue weighted by atomic mass is 32.1. The van der Waals surface area contributed by atoms with E-state index in [1.165, 1.54) is 0 Å². The molecular weight excluding hydrogens is 148 g/mol.